The second kappa shape index (κ2) is 6.84. The van der Waals surface area contributed by atoms with E-state index < -0.39 is 0 Å². The highest BCUT2D eigenvalue weighted by molar-refractivity contribution is 5.87. The van der Waals surface area contributed by atoms with E-state index in [2.05, 4.69) is 15.3 Å². The number of para-hydroxylation sites is 1. The molecule has 30 heavy (non-hydrogen) atoms. The molecule has 1 aromatic carbocycles. The maximum absolute atomic E-state index is 14.3. The van der Waals surface area contributed by atoms with Crippen molar-refractivity contribution in [2.24, 2.45) is 7.05 Å². The lowest BCUT2D eigenvalue weighted by atomic mass is 10.1. The highest BCUT2D eigenvalue weighted by Gasteiger charge is 2.19. The Morgan fingerprint density at radius 3 is 2.47 bits per heavy atom. The van der Waals surface area contributed by atoms with Gasteiger partial charge in [-0.1, -0.05) is 12.1 Å². The van der Waals surface area contributed by atoms with E-state index in [1.54, 1.807) is 57.8 Å². The van der Waals surface area contributed by atoms with Gasteiger partial charge in [0.05, 0.1) is 25.7 Å². The summed E-state index contributed by atoms with van der Waals surface area (Å²) >= 11 is 0. The number of rotatable bonds is 4. The Hall–Kier alpha value is -3.94. The van der Waals surface area contributed by atoms with Crippen LogP contribution in [0.2, 0.25) is 0 Å². The van der Waals surface area contributed by atoms with Crippen molar-refractivity contribution in [2.45, 2.75) is 6.92 Å². The van der Waals surface area contributed by atoms with Crippen LogP contribution in [0.5, 0.6) is 5.75 Å². The number of nitrogens with zero attached hydrogens (tertiary/aromatic N) is 6. The van der Waals surface area contributed by atoms with E-state index in [4.69, 9.17) is 4.74 Å². The van der Waals surface area contributed by atoms with Gasteiger partial charge in [-0.25, -0.2) is 13.6 Å². The molecule has 0 unspecified atom stereocenters. The molecule has 0 spiro atoms. The highest BCUT2D eigenvalue weighted by Crippen LogP contribution is 2.36. The van der Waals surface area contributed by atoms with E-state index in [-0.39, 0.29) is 5.82 Å². The quantitative estimate of drug-likeness (QED) is 0.455. The Labute approximate surface area is 171 Å². The van der Waals surface area contributed by atoms with E-state index in [0.29, 0.717) is 11.4 Å². The predicted octanol–water partition coefficient (Wildman–Crippen LogP) is 4.04. The first-order valence-electron chi connectivity index (χ1n) is 9.41. The lowest BCUT2D eigenvalue weighted by Crippen LogP contribution is -2.01. The summed E-state index contributed by atoms with van der Waals surface area (Å²) in [7, 11) is 3.51. The van der Waals surface area contributed by atoms with Crippen molar-refractivity contribution in [3.63, 3.8) is 0 Å². The average Bonchev–Trinajstić information content (AvgIpc) is 3.46. The first-order chi connectivity index (χ1) is 14.6. The summed E-state index contributed by atoms with van der Waals surface area (Å²) < 4.78 is 25.1. The zero-order chi connectivity index (χ0) is 20.8. The zero-order valence-corrected chi connectivity index (χ0v) is 16.7. The molecule has 0 bridgehead atoms. The van der Waals surface area contributed by atoms with E-state index in [1.807, 2.05) is 32.4 Å². The van der Waals surface area contributed by atoms with Crippen LogP contribution in [0.1, 0.15) is 5.69 Å². The molecule has 0 aliphatic rings. The minimum atomic E-state index is -0.325. The predicted molar refractivity (Wildman–Crippen MR) is 111 cm³/mol. The van der Waals surface area contributed by atoms with Crippen molar-refractivity contribution in [1.29, 1.82) is 0 Å². The van der Waals surface area contributed by atoms with Crippen molar-refractivity contribution in [1.82, 2.24) is 29.2 Å². The normalized spacial score (nSPS) is 11.3. The van der Waals surface area contributed by atoms with Crippen molar-refractivity contribution >= 4 is 5.52 Å². The average molecular weight is 402 g/mol. The largest absolute Gasteiger partial charge is 0.494 e. The standard InChI is InChI=1S/C22H19FN6O/c1-14-17(10-26-29(14)20-7-5-4-6-19(20)23)18-11-25-28-13-15(8-21(30-3)22(18)28)16-9-24-27(2)12-16/h4-13H,1-3H3. The SMILES string of the molecule is COc1cc(-c2cnn(C)c2)cn2ncc(-c3cnn(-c4ccccc4F)c3C)c12. The van der Waals surface area contributed by atoms with Crippen molar-refractivity contribution < 1.29 is 9.13 Å². The van der Waals surface area contributed by atoms with Crippen LogP contribution in [-0.2, 0) is 7.05 Å². The Bertz CT molecular complexity index is 1380. The molecule has 0 fully saturated rings. The Balaban J connectivity index is 1.67. The minimum Gasteiger partial charge on any atom is -0.494 e. The molecule has 7 nitrogen and oxygen atoms in total. The molecular formula is C22H19FN6O. The third-order valence-corrected chi connectivity index (χ3v) is 5.22. The van der Waals surface area contributed by atoms with Gasteiger partial charge >= 0.3 is 0 Å². The smallest absolute Gasteiger partial charge is 0.148 e. The summed E-state index contributed by atoms with van der Waals surface area (Å²) in [5, 5.41) is 13.2. The topological polar surface area (TPSA) is 62.2 Å². The molecule has 0 saturated carbocycles. The molecule has 0 radical (unpaired) electrons. The van der Waals surface area contributed by atoms with Crippen LogP contribution in [-0.4, -0.2) is 36.3 Å². The van der Waals surface area contributed by atoms with Gasteiger partial charge < -0.3 is 4.74 Å². The van der Waals surface area contributed by atoms with Gasteiger partial charge in [-0.05, 0) is 25.1 Å². The Morgan fingerprint density at radius 1 is 0.933 bits per heavy atom. The van der Waals surface area contributed by atoms with Crippen LogP contribution in [0.3, 0.4) is 0 Å². The molecule has 4 heterocycles. The number of hydrogen-bond acceptors (Lipinski definition) is 4. The van der Waals surface area contributed by atoms with E-state index in [0.717, 1.165) is 33.5 Å². The van der Waals surface area contributed by atoms with Crippen LogP contribution in [0.4, 0.5) is 4.39 Å². The van der Waals surface area contributed by atoms with E-state index in [9.17, 15) is 4.39 Å². The number of pyridine rings is 1. The molecule has 0 N–H and O–H groups in total. The lowest BCUT2D eigenvalue weighted by molar-refractivity contribution is 0.418. The Kier molecular flexibility index (Phi) is 4.13. The number of fused-ring (bicyclic) bond motifs is 1. The van der Waals surface area contributed by atoms with Crippen LogP contribution in [0, 0.1) is 12.7 Å². The molecule has 0 aliphatic heterocycles. The Morgan fingerprint density at radius 2 is 1.73 bits per heavy atom. The summed E-state index contributed by atoms with van der Waals surface area (Å²) in [6, 6.07) is 8.55. The molecule has 0 aliphatic carbocycles. The molecular weight excluding hydrogens is 383 g/mol. The van der Waals surface area contributed by atoms with Crippen LogP contribution in [0.15, 0.2) is 61.3 Å². The second-order valence-corrected chi connectivity index (χ2v) is 7.06. The first-order valence-corrected chi connectivity index (χ1v) is 9.41. The number of aryl methyl sites for hydroxylation is 1. The number of halogens is 1. The summed E-state index contributed by atoms with van der Waals surface area (Å²) in [6.07, 6.45) is 9.18. The summed E-state index contributed by atoms with van der Waals surface area (Å²) in [4.78, 5) is 0. The number of ether oxygens (including phenoxy) is 1. The van der Waals surface area contributed by atoms with Gasteiger partial charge in [0.2, 0.25) is 0 Å². The number of hydrogen-bond donors (Lipinski definition) is 0. The first kappa shape index (κ1) is 18.1. The molecule has 8 heteroatoms. The number of aromatic nitrogens is 6. The van der Waals surface area contributed by atoms with Crippen molar-refractivity contribution in [3.8, 4) is 33.7 Å². The van der Waals surface area contributed by atoms with Gasteiger partial charge in [-0.15, -0.1) is 0 Å². The zero-order valence-electron chi connectivity index (χ0n) is 16.7. The van der Waals surface area contributed by atoms with Gasteiger partial charge in [0, 0.05) is 47.4 Å². The summed E-state index contributed by atoms with van der Waals surface area (Å²) in [5.41, 5.74) is 5.68. The van der Waals surface area contributed by atoms with Crippen LogP contribution >= 0.6 is 0 Å². The summed E-state index contributed by atoms with van der Waals surface area (Å²) in [5.74, 6) is 0.357. The molecule has 150 valence electrons. The van der Waals surface area contributed by atoms with Crippen LogP contribution < -0.4 is 4.74 Å². The molecule has 5 rings (SSSR count). The van der Waals surface area contributed by atoms with Gasteiger partial charge in [0.25, 0.3) is 0 Å². The fourth-order valence-electron chi connectivity index (χ4n) is 3.71. The highest BCUT2D eigenvalue weighted by atomic mass is 19.1. The fourth-order valence-corrected chi connectivity index (χ4v) is 3.71. The number of methoxy groups -OCH3 is 1. The van der Waals surface area contributed by atoms with Gasteiger partial charge in [-0.2, -0.15) is 15.3 Å². The molecule has 0 atom stereocenters. The minimum absolute atomic E-state index is 0.325. The second-order valence-electron chi connectivity index (χ2n) is 7.06. The number of benzene rings is 1. The maximum atomic E-state index is 14.3. The van der Waals surface area contributed by atoms with E-state index >= 15 is 0 Å². The monoisotopic (exact) mass is 402 g/mol. The van der Waals surface area contributed by atoms with Crippen molar-refractivity contribution in [3.05, 3.63) is 72.8 Å². The fraction of sp³-hybridized carbons (Fsp3) is 0.136. The van der Waals surface area contributed by atoms with E-state index in [1.165, 1.54) is 6.07 Å². The molecule has 5 aromatic rings. The molecule has 0 saturated heterocycles. The third kappa shape index (κ3) is 2.76. The van der Waals surface area contributed by atoms with Gasteiger partial charge in [-0.3, -0.25) is 4.68 Å². The molecule has 4 aromatic heterocycles. The summed E-state index contributed by atoms with van der Waals surface area (Å²) in [6.45, 7) is 1.91. The van der Waals surface area contributed by atoms with Gasteiger partial charge in [0.1, 0.15) is 22.8 Å². The van der Waals surface area contributed by atoms with Crippen LogP contribution in [0.25, 0.3) is 33.5 Å². The lowest BCUT2D eigenvalue weighted by Gasteiger charge is -2.09. The van der Waals surface area contributed by atoms with Crippen molar-refractivity contribution in [2.75, 3.05) is 7.11 Å². The van der Waals surface area contributed by atoms with Gasteiger partial charge in [0.15, 0.2) is 0 Å². The third-order valence-electron chi connectivity index (χ3n) is 5.22. The maximum Gasteiger partial charge on any atom is 0.148 e. The molecule has 0 amide bonds.